The Balaban J connectivity index is 1.94. The molecular weight excluding hydrogens is 194 g/mol. The zero-order valence-electron chi connectivity index (χ0n) is 8.98. The average Bonchev–Trinajstić information content (AvgIpc) is 2.88. The Morgan fingerprint density at radius 2 is 2.47 bits per heavy atom. The van der Waals surface area contributed by atoms with Gasteiger partial charge in [0.15, 0.2) is 5.82 Å². The van der Waals surface area contributed by atoms with Gasteiger partial charge in [-0.2, -0.15) is 4.98 Å². The lowest BCUT2D eigenvalue weighted by molar-refractivity contribution is 0.185. The number of nitrogens with zero attached hydrogens (tertiary/aromatic N) is 2. The predicted octanol–water partition coefficient (Wildman–Crippen LogP) is 1.06. The zero-order valence-corrected chi connectivity index (χ0v) is 8.98. The predicted molar refractivity (Wildman–Crippen MR) is 54.1 cm³/mol. The van der Waals surface area contributed by atoms with Crippen molar-refractivity contribution in [3.05, 3.63) is 11.7 Å². The van der Waals surface area contributed by atoms with Crippen LogP contribution in [0.1, 0.15) is 37.5 Å². The fourth-order valence-electron chi connectivity index (χ4n) is 1.68. The van der Waals surface area contributed by atoms with Crippen molar-refractivity contribution in [1.29, 1.82) is 0 Å². The number of rotatable bonds is 4. The van der Waals surface area contributed by atoms with Crippen molar-refractivity contribution in [3.63, 3.8) is 0 Å². The third-order valence-corrected chi connectivity index (χ3v) is 2.74. The highest BCUT2D eigenvalue weighted by Crippen LogP contribution is 2.18. The van der Waals surface area contributed by atoms with Crippen LogP contribution < -0.4 is 5.73 Å². The molecule has 1 aromatic heterocycles. The van der Waals surface area contributed by atoms with Crippen LogP contribution in [0, 0.1) is 5.92 Å². The van der Waals surface area contributed by atoms with Crippen LogP contribution in [0.2, 0.25) is 0 Å². The van der Waals surface area contributed by atoms with E-state index in [-0.39, 0.29) is 6.04 Å². The van der Waals surface area contributed by atoms with Gasteiger partial charge >= 0.3 is 0 Å². The van der Waals surface area contributed by atoms with Gasteiger partial charge in [0.25, 0.3) is 0 Å². The number of hydrogen-bond donors (Lipinski definition) is 1. The zero-order chi connectivity index (χ0) is 10.7. The van der Waals surface area contributed by atoms with Crippen LogP contribution in [0.3, 0.4) is 0 Å². The van der Waals surface area contributed by atoms with E-state index in [0.717, 1.165) is 38.3 Å². The molecule has 1 aromatic rings. The first-order chi connectivity index (χ1) is 7.29. The summed E-state index contributed by atoms with van der Waals surface area (Å²) in [5.41, 5.74) is 5.79. The smallest absolute Gasteiger partial charge is 0.243 e. The Morgan fingerprint density at radius 3 is 3.13 bits per heavy atom. The average molecular weight is 211 g/mol. The maximum Gasteiger partial charge on any atom is 0.243 e. The molecule has 2 atom stereocenters. The highest BCUT2D eigenvalue weighted by Gasteiger charge is 2.20. The van der Waals surface area contributed by atoms with Crippen molar-refractivity contribution in [2.75, 3.05) is 13.2 Å². The maximum atomic E-state index is 5.79. The number of nitrogens with two attached hydrogens (primary N) is 1. The Labute approximate surface area is 89.0 Å². The van der Waals surface area contributed by atoms with E-state index in [4.69, 9.17) is 15.0 Å². The summed E-state index contributed by atoms with van der Waals surface area (Å²) in [6.45, 7) is 3.66. The minimum atomic E-state index is -0.133. The second-order valence-corrected chi connectivity index (χ2v) is 4.00. The van der Waals surface area contributed by atoms with Gasteiger partial charge in [0.1, 0.15) is 0 Å². The lowest BCUT2D eigenvalue weighted by Gasteiger charge is -2.01. The van der Waals surface area contributed by atoms with E-state index in [9.17, 15) is 0 Å². The van der Waals surface area contributed by atoms with E-state index < -0.39 is 0 Å². The molecule has 0 bridgehead atoms. The van der Waals surface area contributed by atoms with Crippen molar-refractivity contribution < 1.29 is 9.26 Å². The number of hydrogen-bond acceptors (Lipinski definition) is 5. The molecule has 1 fully saturated rings. The van der Waals surface area contributed by atoms with Crippen molar-refractivity contribution in [1.82, 2.24) is 10.1 Å². The van der Waals surface area contributed by atoms with Gasteiger partial charge in [-0.25, -0.2) is 0 Å². The van der Waals surface area contributed by atoms with E-state index in [2.05, 4.69) is 10.1 Å². The fourth-order valence-corrected chi connectivity index (χ4v) is 1.68. The lowest BCUT2D eigenvalue weighted by atomic mass is 10.1. The van der Waals surface area contributed by atoms with Gasteiger partial charge in [-0.15, -0.1) is 0 Å². The van der Waals surface area contributed by atoms with E-state index in [1.54, 1.807) is 0 Å². The van der Waals surface area contributed by atoms with Crippen LogP contribution >= 0.6 is 0 Å². The first-order valence-corrected chi connectivity index (χ1v) is 5.45. The summed E-state index contributed by atoms with van der Waals surface area (Å²) in [6.07, 6.45) is 2.73. The quantitative estimate of drug-likeness (QED) is 0.806. The van der Waals surface area contributed by atoms with Gasteiger partial charge in [0.2, 0.25) is 5.89 Å². The van der Waals surface area contributed by atoms with Crippen molar-refractivity contribution in [2.24, 2.45) is 11.7 Å². The summed E-state index contributed by atoms with van der Waals surface area (Å²) in [5.74, 6) is 1.84. The highest BCUT2D eigenvalue weighted by molar-refractivity contribution is 4.93. The van der Waals surface area contributed by atoms with Gasteiger partial charge in [-0.05, 0) is 18.8 Å². The van der Waals surface area contributed by atoms with Crippen molar-refractivity contribution in [3.8, 4) is 0 Å². The van der Waals surface area contributed by atoms with E-state index in [0.29, 0.717) is 11.8 Å². The molecule has 5 nitrogen and oxygen atoms in total. The molecule has 0 aromatic carbocycles. The summed E-state index contributed by atoms with van der Waals surface area (Å²) in [6, 6.07) is -0.133. The first kappa shape index (κ1) is 10.6. The topological polar surface area (TPSA) is 74.2 Å². The minimum absolute atomic E-state index is 0.133. The van der Waals surface area contributed by atoms with Crippen LogP contribution in [-0.2, 0) is 11.2 Å². The lowest BCUT2D eigenvalue weighted by Crippen LogP contribution is -2.09. The molecule has 1 aliphatic rings. The molecule has 0 aliphatic carbocycles. The van der Waals surface area contributed by atoms with Crippen molar-refractivity contribution in [2.45, 2.75) is 32.2 Å². The van der Waals surface area contributed by atoms with Crippen LogP contribution in [0.25, 0.3) is 0 Å². The molecule has 1 saturated heterocycles. The molecule has 0 radical (unpaired) electrons. The summed E-state index contributed by atoms with van der Waals surface area (Å²) in [4.78, 5) is 4.29. The van der Waals surface area contributed by atoms with Gasteiger partial charge in [0.05, 0.1) is 6.04 Å². The Morgan fingerprint density at radius 1 is 1.60 bits per heavy atom. The standard InChI is InChI=1S/C10H17N3O2/c1-2-8(11)10-12-9(13-15-10)5-7-3-4-14-6-7/h7-8H,2-6,11H2,1H3/t7?,8-/m1/s1. The molecule has 5 heteroatoms. The largest absolute Gasteiger partial charge is 0.381 e. The molecule has 0 spiro atoms. The number of ether oxygens (including phenoxy) is 1. The molecule has 0 saturated carbocycles. The van der Waals surface area contributed by atoms with E-state index in [1.807, 2.05) is 6.92 Å². The van der Waals surface area contributed by atoms with Gasteiger partial charge < -0.3 is 15.0 Å². The molecule has 1 aliphatic heterocycles. The van der Waals surface area contributed by atoms with Crippen LogP contribution in [0.15, 0.2) is 4.52 Å². The van der Waals surface area contributed by atoms with Gasteiger partial charge in [0, 0.05) is 19.6 Å². The SMILES string of the molecule is CC[C@@H](N)c1nc(CC2CCOC2)no1. The Kier molecular flexibility index (Phi) is 3.33. The third kappa shape index (κ3) is 2.54. The molecule has 0 amide bonds. The Hall–Kier alpha value is -0.940. The summed E-state index contributed by atoms with van der Waals surface area (Å²) < 4.78 is 10.4. The normalized spacial score (nSPS) is 23.2. The second-order valence-electron chi connectivity index (χ2n) is 4.00. The summed E-state index contributed by atoms with van der Waals surface area (Å²) in [7, 11) is 0. The molecule has 84 valence electrons. The minimum Gasteiger partial charge on any atom is -0.381 e. The highest BCUT2D eigenvalue weighted by atomic mass is 16.5. The van der Waals surface area contributed by atoms with Crippen molar-refractivity contribution >= 4 is 0 Å². The number of aromatic nitrogens is 2. The molecular formula is C10H17N3O2. The molecule has 15 heavy (non-hydrogen) atoms. The van der Waals surface area contributed by atoms with Crippen LogP contribution in [0.5, 0.6) is 0 Å². The summed E-state index contributed by atoms with van der Waals surface area (Å²) in [5, 5.41) is 3.93. The second kappa shape index (κ2) is 4.72. The monoisotopic (exact) mass is 211 g/mol. The van der Waals surface area contributed by atoms with Crippen LogP contribution in [-0.4, -0.2) is 23.4 Å². The summed E-state index contributed by atoms with van der Waals surface area (Å²) >= 11 is 0. The fraction of sp³-hybridized carbons (Fsp3) is 0.800. The molecule has 2 rings (SSSR count). The van der Waals surface area contributed by atoms with E-state index in [1.165, 1.54) is 0 Å². The Bertz CT molecular complexity index is 307. The van der Waals surface area contributed by atoms with Gasteiger partial charge in [-0.1, -0.05) is 12.1 Å². The first-order valence-electron chi connectivity index (χ1n) is 5.45. The molecule has 2 N–H and O–H groups in total. The van der Waals surface area contributed by atoms with Gasteiger partial charge in [-0.3, -0.25) is 0 Å². The molecule has 1 unspecified atom stereocenters. The van der Waals surface area contributed by atoms with Crippen LogP contribution in [0.4, 0.5) is 0 Å². The molecule has 2 heterocycles. The third-order valence-electron chi connectivity index (χ3n) is 2.74. The van der Waals surface area contributed by atoms with E-state index >= 15 is 0 Å². The maximum absolute atomic E-state index is 5.79.